The largest absolute Gasteiger partial charge is 0.439 e. The van der Waals surface area contributed by atoms with Crippen LogP contribution in [0.2, 0.25) is 0 Å². The van der Waals surface area contributed by atoms with Crippen molar-refractivity contribution in [2.45, 2.75) is 37.6 Å². The van der Waals surface area contributed by atoms with Crippen molar-refractivity contribution in [1.29, 1.82) is 0 Å². The number of carbonyl (C=O) groups excluding carboxylic acids is 1. The third kappa shape index (κ3) is 5.97. The van der Waals surface area contributed by atoms with Gasteiger partial charge in [-0.05, 0) is 31.6 Å². The highest BCUT2D eigenvalue weighted by molar-refractivity contribution is 7.93. The first-order valence-electron chi connectivity index (χ1n) is 11.3. The van der Waals surface area contributed by atoms with Gasteiger partial charge < -0.3 is 10.1 Å². The van der Waals surface area contributed by atoms with Crippen LogP contribution in [0, 0.1) is 11.8 Å². The van der Waals surface area contributed by atoms with Gasteiger partial charge in [-0.25, -0.2) is 13.4 Å². The molecule has 0 bridgehead atoms. The maximum Gasteiger partial charge on any atom is 0.309 e. The maximum absolute atomic E-state index is 14.8. The Bertz CT molecular complexity index is 1370. The Kier molecular flexibility index (Phi) is 7.40. The standard InChI is InChI=1S/C22H18B5F2N3O4S/c1-37(34,35)7-6-12(9-2-3-9)31-19(33)11-8-30-21(22(28,29)10-4-5-10)32-20(11)36-18-16(26)14(24)13(23)15(25)17(18)27/h6-10,12H,2-5H2,1H3,(H,31,33)/b7-6+. The molecule has 0 aliphatic heterocycles. The molecule has 7 nitrogen and oxygen atoms in total. The van der Waals surface area contributed by atoms with Crippen LogP contribution in [0.5, 0.6) is 11.6 Å². The van der Waals surface area contributed by atoms with E-state index in [0.717, 1.165) is 30.7 Å². The van der Waals surface area contributed by atoms with Gasteiger partial charge in [-0.15, -0.1) is 16.4 Å². The quantitative estimate of drug-likeness (QED) is 0.384. The van der Waals surface area contributed by atoms with Crippen molar-refractivity contribution in [2.75, 3.05) is 6.26 Å². The third-order valence-electron chi connectivity index (χ3n) is 6.20. The summed E-state index contributed by atoms with van der Waals surface area (Å²) < 4.78 is 58.4. The number of nitrogens with zero attached hydrogens (tertiary/aromatic N) is 2. The Hall–Kier alpha value is -2.56. The first kappa shape index (κ1) is 27.5. The van der Waals surface area contributed by atoms with Gasteiger partial charge in [-0.2, -0.15) is 13.8 Å². The van der Waals surface area contributed by atoms with Gasteiger partial charge in [0.1, 0.15) is 50.5 Å². The molecule has 180 valence electrons. The fraction of sp³-hybridized carbons (Fsp3) is 0.409. The monoisotopic (exact) mass is 513 g/mol. The first-order chi connectivity index (χ1) is 17.2. The number of benzene rings is 1. The average Bonchev–Trinajstić information content (AvgIpc) is 3.73. The van der Waals surface area contributed by atoms with Crippen LogP contribution in [-0.4, -0.2) is 75.8 Å². The minimum atomic E-state index is -3.45. The van der Waals surface area contributed by atoms with Gasteiger partial charge in [0.2, 0.25) is 11.7 Å². The van der Waals surface area contributed by atoms with E-state index in [9.17, 15) is 22.0 Å². The maximum atomic E-state index is 14.8. The van der Waals surface area contributed by atoms with E-state index in [-0.39, 0.29) is 44.5 Å². The van der Waals surface area contributed by atoms with Crippen molar-refractivity contribution in [3.63, 3.8) is 0 Å². The molecule has 15 heteroatoms. The molecule has 2 fully saturated rings. The zero-order chi connectivity index (χ0) is 27.3. The van der Waals surface area contributed by atoms with Crippen LogP contribution in [0.4, 0.5) is 8.78 Å². The Morgan fingerprint density at radius 1 is 1.08 bits per heavy atom. The SMILES string of the molecule is [B]c1c([B])c([B])c(Oc2nc(C(F)(F)C3CC3)ncc2C(=O)NC(/C=C/S(C)(=O)=O)C2CC2)c([B])c1[B]. The third-order valence-corrected chi connectivity index (χ3v) is 6.85. The second-order valence-electron chi connectivity index (χ2n) is 9.30. The molecule has 0 saturated heterocycles. The molecule has 37 heavy (non-hydrogen) atoms. The molecule has 1 N–H and O–H groups in total. The summed E-state index contributed by atoms with van der Waals surface area (Å²) in [5, 5.41) is 3.67. The van der Waals surface area contributed by atoms with Gasteiger partial charge in [0.25, 0.3) is 5.91 Å². The molecule has 2 aromatic rings. The smallest absolute Gasteiger partial charge is 0.309 e. The molecule has 4 rings (SSSR count). The first-order valence-corrected chi connectivity index (χ1v) is 13.3. The molecule has 1 aromatic heterocycles. The fourth-order valence-corrected chi connectivity index (χ4v) is 4.11. The summed E-state index contributed by atoms with van der Waals surface area (Å²) in [6, 6.07) is -0.638. The normalized spacial score (nSPS) is 17.1. The van der Waals surface area contributed by atoms with E-state index in [1.807, 2.05) is 0 Å². The summed E-state index contributed by atoms with van der Waals surface area (Å²) in [4.78, 5) is 20.8. The summed E-state index contributed by atoms with van der Waals surface area (Å²) in [6.45, 7) is 0. The van der Waals surface area contributed by atoms with Gasteiger partial charge in [0.15, 0.2) is 9.84 Å². The zero-order valence-electron chi connectivity index (χ0n) is 19.9. The molecule has 1 aromatic carbocycles. The van der Waals surface area contributed by atoms with E-state index in [4.69, 9.17) is 44.0 Å². The lowest BCUT2D eigenvalue weighted by atomic mass is 9.62. The van der Waals surface area contributed by atoms with E-state index >= 15 is 0 Å². The van der Waals surface area contributed by atoms with Crippen molar-refractivity contribution in [3.8, 4) is 11.6 Å². The van der Waals surface area contributed by atoms with Crippen LogP contribution in [-0.2, 0) is 15.8 Å². The minimum Gasteiger partial charge on any atom is -0.439 e. The molecule has 10 radical (unpaired) electrons. The highest BCUT2D eigenvalue weighted by Crippen LogP contribution is 2.48. The van der Waals surface area contributed by atoms with Crippen LogP contribution < -0.4 is 37.4 Å². The predicted octanol–water partition coefficient (Wildman–Crippen LogP) is -2.19. The van der Waals surface area contributed by atoms with Crippen LogP contribution in [0.3, 0.4) is 0 Å². The fourth-order valence-electron chi connectivity index (χ4n) is 3.66. The molecular formula is C22H18B5F2N3O4S. The molecule has 2 saturated carbocycles. The summed E-state index contributed by atoms with van der Waals surface area (Å²) >= 11 is 0. The van der Waals surface area contributed by atoms with E-state index in [1.54, 1.807) is 0 Å². The molecule has 1 unspecified atom stereocenters. The second kappa shape index (κ2) is 9.96. The van der Waals surface area contributed by atoms with Crippen LogP contribution in [0.15, 0.2) is 17.7 Å². The number of alkyl halides is 2. The van der Waals surface area contributed by atoms with Gasteiger partial charge in [-0.1, -0.05) is 17.0 Å². The Labute approximate surface area is 220 Å². The molecule has 2 aliphatic rings. The van der Waals surface area contributed by atoms with Crippen LogP contribution in [0.1, 0.15) is 41.9 Å². The second-order valence-corrected chi connectivity index (χ2v) is 11.2. The van der Waals surface area contributed by atoms with E-state index < -0.39 is 45.3 Å². The van der Waals surface area contributed by atoms with E-state index in [1.165, 1.54) is 6.08 Å². The van der Waals surface area contributed by atoms with E-state index in [0.29, 0.717) is 12.8 Å². The number of hydrogen-bond acceptors (Lipinski definition) is 6. The number of nitrogens with one attached hydrogen (secondary N) is 1. The van der Waals surface area contributed by atoms with Gasteiger partial charge >= 0.3 is 5.92 Å². The van der Waals surface area contributed by atoms with Crippen molar-refractivity contribution in [1.82, 2.24) is 15.3 Å². The van der Waals surface area contributed by atoms with Crippen molar-refractivity contribution in [3.05, 3.63) is 29.1 Å². The topological polar surface area (TPSA) is 98.2 Å². The Morgan fingerprint density at radius 3 is 2.16 bits per heavy atom. The zero-order valence-corrected chi connectivity index (χ0v) is 20.7. The number of hydrogen-bond donors (Lipinski definition) is 1. The number of sulfone groups is 1. The Balaban J connectivity index is 1.75. The number of ether oxygens (including phenoxy) is 1. The molecule has 2 aliphatic carbocycles. The highest BCUT2D eigenvalue weighted by atomic mass is 32.2. The molecular weight excluding hydrogens is 494 g/mol. The minimum absolute atomic E-state index is 0.00805. The number of halogens is 2. The van der Waals surface area contributed by atoms with Crippen LogP contribution >= 0.6 is 0 Å². The van der Waals surface area contributed by atoms with E-state index in [2.05, 4.69) is 15.3 Å². The number of aromatic nitrogens is 2. The Morgan fingerprint density at radius 2 is 1.65 bits per heavy atom. The highest BCUT2D eigenvalue weighted by Gasteiger charge is 2.51. The van der Waals surface area contributed by atoms with Gasteiger partial charge in [0, 0.05) is 23.8 Å². The van der Waals surface area contributed by atoms with Gasteiger partial charge in [-0.3, -0.25) is 4.79 Å². The average molecular weight is 513 g/mol. The summed E-state index contributed by atoms with van der Waals surface area (Å²) in [5.74, 6) is -6.80. The molecule has 1 amide bonds. The molecule has 1 heterocycles. The van der Waals surface area contributed by atoms with Crippen LogP contribution in [0.25, 0.3) is 0 Å². The lowest BCUT2D eigenvalue weighted by Crippen LogP contribution is -2.54. The summed E-state index contributed by atoms with van der Waals surface area (Å²) in [7, 11) is 26.1. The lowest BCUT2D eigenvalue weighted by Gasteiger charge is -2.22. The van der Waals surface area contributed by atoms with Gasteiger partial charge in [0.05, 0.1) is 6.04 Å². The van der Waals surface area contributed by atoms with Crippen molar-refractivity contribution in [2.24, 2.45) is 11.8 Å². The summed E-state index contributed by atoms with van der Waals surface area (Å²) in [5.41, 5.74) is -1.15. The van der Waals surface area contributed by atoms with Crippen molar-refractivity contribution >= 4 is 82.3 Å². The molecule has 1 atom stereocenters. The number of rotatable bonds is 9. The van der Waals surface area contributed by atoms with Crippen molar-refractivity contribution < 1.29 is 26.7 Å². The lowest BCUT2D eigenvalue weighted by molar-refractivity contribution is -0.0379. The number of carbonyl (C=O) groups is 1. The predicted molar refractivity (Wildman–Crippen MR) is 140 cm³/mol. The molecule has 0 spiro atoms. The number of amides is 1. The summed E-state index contributed by atoms with van der Waals surface area (Å²) in [6.07, 6.45) is 5.42.